The summed E-state index contributed by atoms with van der Waals surface area (Å²) in [4.78, 5) is 8.81. The van der Waals surface area contributed by atoms with Gasteiger partial charge in [-0.1, -0.05) is 0 Å². The van der Waals surface area contributed by atoms with E-state index in [1.165, 1.54) is 0 Å². The first-order valence-electron chi connectivity index (χ1n) is 5.28. The molecule has 0 amide bonds. The standard InChI is InChI=1S/C10H21N3O2/c1-11-10-12(6-8-14-2)4-5-13(10)7-9-15-3/h4-9H2,1-3H3. The number of ether oxygens (including phenoxy) is 2. The average Bonchev–Trinajstić information content (AvgIpc) is 2.65. The van der Waals surface area contributed by atoms with Gasteiger partial charge in [-0.05, 0) is 0 Å². The highest BCUT2D eigenvalue weighted by Gasteiger charge is 2.24. The molecule has 1 aliphatic rings. The number of hydrogen-bond acceptors (Lipinski definition) is 3. The Kier molecular flexibility index (Phi) is 5.42. The lowest BCUT2D eigenvalue weighted by Gasteiger charge is -2.22. The van der Waals surface area contributed by atoms with Crippen molar-refractivity contribution in [2.45, 2.75) is 0 Å². The molecule has 0 bridgehead atoms. The Morgan fingerprint density at radius 2 is 1.53 bits per heavy atom. The molecule has 0 aromatic carbocycles. The molecule has 0 aromatic heterocycles. The Hall–Kier alpha value is -0.810. The Labute approximate surface area is 91.7 Å². The summed E-state index contributed by atoms with van der Waals surface area (Å²) in [5.74, 6) is 1.06. The summed E-state index contributed by atoms with van der Waals surface area (Å²) in [6, 6.07) is 0. The summed E-state index contributed by atoms with van der Waals surface area (Å²) >= 11 is 0. The van der Waals surface area contributed by atoms with Gasteiger partial charge in [0.1, 0.15) is 0 Å². The second kappa shape index (κ2) is 6.63. The van der Waals surface area contributed by atoms with Crippen molar-refractivity contribution in [2.24, 2.45) is 4.99 Å². The molecule has 0 aromatic rings. The first-order valence-corrected chi connectivity index (χ1v) is 5.28. The fourth-order valence-electron chi connectivity index (χ4n) is 1.75. The molecule has 0 atom stereocenters. The molecule has 15 heavy (non-hydrogen) atoms. The third-order valence-corrected chi connectivity index (χ3v) is 2.54. The van der Waals surface area contributed by atoms with Crippen LogP contribution in [0.5, 0.6) is 0 Å². The second-order valence-corrected chi connectivity index (χ2v) is 3.48. The van der Waals surface area contributed by atoms with Crippen LogP contribution in [0, 0.1) is 0 Å². The molecule has 1 heterocycles. The molecule has 0 aliphatic carbocycles. The van der Waals surface area contributed by atoms with Crippen LogP contribution in [0.2, 0.25) is 0 Å². The van der Waals surface area contributed by atoms with Gasteiger partial charge in [0, 0.05) is 47.4 Å². The average molecular weight is 215 g/mol. The summed E-state index contributed by atoms with van der Waals surface area (Å²) in [6.07, 6.45) is 0. The van der Waals surface area contributed by atoms with Gasteiger partial charge < -0.3 is 19.3 Å². The van der Waals surface area contributed by atoms with Crippen LogP contribution in [0.15, 0.2) is 4.99 Å². The summed E-state index contributed by atoms with van der Waals surface area (Å²) in [5, 5.41) is 0. The molecular formula is C10H21N3O2. The van der Waals surface area contributed by atoms with E-state index < -0.39 is 0 Å². The maximum absolute atomic E-state index is 5.07. The Balaban J connectivity index is 2.43. The number of nitrogens with zero attached hydrogens (tertiary/aromatic N) is 3. The fraction of sp³-hybridized carbons (Fsp3) is 0.900. The predicted octanol–water partition coefficient (Wildman–Crippen LogP) is -0.117. The maximum Gasteiger partial charge on any atom is 0.196 e. The minimum Gasteiger partial charge on any atom is -0.383 e. The van der Waals surface area contributed by atoms with Crippen LogP contribution >= 0.6 is 0 Å². The van der Waals surface area contributed by atoms with Gasteiger partial charge in [-0.2, -0.15) is 0 Å². The van der Waals surface area contributed by atoms with Gasteiger partial charge in [0.15, 0.2) is 5.96 Å². The van der Waals surface area contributed by atoms with Gasteiger partial charge >= 0.3 is 0 Å². The van der Waals surface area contributed by atoms with E-state index in [2.05, 4.69) is 14.8 Å². The van der Waals surface area contributed by atoms with Gasteiger partial charge in [0.25, 0.3) is 0 Å². The van der Waals surface area contributed by atoms with Crippen LogP contribution in [-0.4, -0.2) is 76.4 Å². The molecule has 1 fully saturated rings. The van der Waals surface area contributed by atoms with Crippen molar-refractivity contribution in [3.63, 3.8) is 0 Å². The molecule has 5 nitrogen and oxygen atoms in total. The molecule has 0 saturated carbocycles. The number of aliphatic imine (C=N–C) groups is 1. The maximum atomic E-state index is 5.07. The molecule has 1 rings (SSSR count). The number of guanidine groups is 1. The summed E-state index contributed by atoms with van der Waals surface area (Å²) in [7, 11) is 5.28. The molecule has 0 spiro atoms. The summed E-state index contributed by atoms with van der Waals surface area (Å²) in [5.41, 5.74) is 0. The summed E-state index contributed by atoms with van der Waals surface area (Å²) in [6.45, 7) is 5.37. The van der Waals surface area contributed by atoms with Crippen LogP contribution in [0.25, 0.3) is 0 Å². The predicted molar refractivity (Wildman–Crippen MR) is 60.3 cm³/mol. The highest BCUT2D eigenvalue weighted by atomic mass is 16.5. The zero-order chi connectivity index (χ0) is 11.1. The smallest absolute Gasteiger partial charge is 0.196 e. The van der Waals surface area contributed by atoms with E-state index >= 15 is 0 Å². The molecule has 0 radical (unpaired) electrons. The second-order valence-electron chi connectivity index (χ2n) is 3.48. The zero-order valence-corrected chi connectivity index (χ0v) is 9.90. The van der Waals surface area contributed by atoms with Crippen molar-refractivity contribution in [3.8, 4) is 0 Å². The molecule has 88 valence electrons. The van der Waals surface area contributed by atoms with Crippen molar-refractivity contribution in [2.75, 3.05) is 60.7 Å². The first-order chi connectivity index (χ1) is 7.33. The van der Waals surface area contributed by atoms with Gasteiger partial charge in [-0.25, -0.2) is 0 Å². The largest absolute Gasteiger partial charge is 0.383 e. The van der Waals surface area contributed by atoms with Crippen molar-refractivity contribution in [3.05, 3.63) is 0 Å². The van der Waals surface area contributed by atoms with Gasteiger partial charge in [-0.15, -0.1) is 0 Å². The highest BCUT2D eigenvalue weighted by molar-refractivity contribution is 5.81. The molecule has 5 heteroatoms. The number of rotatable bonds is 6. The van der Waals surface area contributed by atoms with E-state index in [0.29, 0.717) is 0 Å². The molecule has 1 saturated heterocycles. The SMILES string of the molecule is CN=C1N(CCOC)CCN1CCOC. The van der Waals surface area contributed by atoms with E-state index in [-0.39, 0.29) is 0 Å². The fourth-order valence-corrected chi connectivity index (χ4v) is 1.75. The topological polar surface area (TPSA) is 37.3 Å². The van der Waals surface area contributed by atoms with Crippen LogP contribution < -0.4 is 0 Å². The van der Waals surface area contributed by atoms with Crippen LogP contribution in [0.4, 0.5) is 0 Å². The van der Waals surface area contributed by atoms with Crippen LogP contribution in [0.3, 0.4) is 0 Å². The van der Waals surface area contributed by atoms with E-state index in [1.54, 1.807) is 14.2 Å². The number of hydrogen-bond donors (Lipinski definition) is 0. The Morgan fingerprint density at radius 3 is 1.87 bits per heavy atom. The van der Waals surface area contributed by atoms with Gasteiger partial charge in [0.05, 0.1) is 13.2 Å². The Morgan fingerprint density at radius 1 is 1.07 bits per heavy atom. The monoisotopic (exact) mass is 215 g/mol. The van der Waals surface area contributed by atoms with Crippen LogP contribution in [-0.2, 0) is 9.47 Å². The number of methoxy groups -OCH3 is 2. The lowest BCUT2D eigenvalue weighted by atomic mass is 10.5. The van der Waals surface area contributed by atoms with Crippen LogP contribution in [0.1, 0.15) is 0 Å². The lowest BCUT2D eigenvalue weighted by molar-refractivity contribution is 0.176. The third-order valence-electron chi connectivity index (χ3n) is 2.54. The highest BCUT2D eigenvalue weighted by Crippen LogP contribution is 2.07. The lowest BCUT2D eigenvalue weighted by Crippen LogP contribution is -2.36. The van der Waals surface area contributed by atoms with Crippen molar-refractivity contribution < 1.29 is 9.47 Å². The van der Waals surface area contributed by atoms with Crippen molar-refractivity contribution in [1.29, 1.82) is 0 Å². The molecule has 0 N–H and O–H groups in total. The first kappa shape index (κ1) is 12.3. The van der Waals surface area contributed by atoms with E-state index in [1.807, 2.05) is 7.05 Å². The zero-order valence-electron chi connectivity index (χ0n) is 9.90. The van der Waals surface area contributed by atoms with E-state index in [4.69, 9.17) is 9.47 Å². The molecular weight excluding hydrogens is 194 g/mol. The molecule has 0 unspecified atom stereocenters. The van der Waals surface area contributed by atoms with Gasteiger partial charge in [0.2, 0.25) is 0 Å². The van der Waals surface area contributed by atoms with Crippen molar-refractivity contribution >= 4 is 5.96 Å². The van der Waals surface area contributed by atoms with E-state index in [0.717, 1.165) is 45.4 Å². The normalized spacial score (nSPS) is 16.3. The minimum atomic E-state index is 0.747. The van der Waals surface area contributed by atoms with E-state index in [9.17, 15) is 0 Å². The molecule has 1 aliphatic heterocycles. The Bertz CT molecular complexity index is 191. The summed E-state index contributed by atoms with van der Waals surface area (Å²) < 4.78 is 10.1. The van der Waals surface area contributed by atoms with Crippen molar-refractivity contribution in [1.82, 2.24) is 9.80 Å². The third kappa shape index (κ3) is 3.35. The minimum absolute atomic E-state index is 0.747. The quantitative estimate of drug-likeness (QED) is 0.619. The van der Waals surface area contributed by atoms with Gasteiger partial charge in [-0.3, -0.25) is 4.99 Å².